The summed E-state index contributed by atoms with van der Waals surface area (Å²) in [5.74, 6) is 1.62. The van der Waals surface area contributed by atoms with Crippen LogP contribution in [0.5, 0.6) is 11.5 Å². The number of thiocarbonyl (C=S) groups is 1. The van der Waals surface area contributed by atoms with Crippen molar-refractivity contribution in [2.75, 3.05) is 4.90 Å². The van der Waals surface area contributed by atoms with Gasteiger partial charge in [-0.25, -0.2) is 0 Å². The van der Waals surface area contributed by atoms with Crippen molar-refractivity contribution in [2.24, 2.45) is 0 Å². The Bertz CT molecular complexity index is 1380. The lowest BCUT2D eigenvalue weighted by molar-refractivity contribution is 0.482. The normalized spacial score (nSPS) is 19.8. The molecule has 3 heterocycles. The fourth-order valence-corrected chi connectivity index (χ4v) is 6.42. The largest absolute Gasteiger partial charge is 0.457 e. The fourth-order valence-electron chi connectivity index (χ4n) is 6.07. The summed E-state index contributed by atoms with van der Waals surface area (Å²) in [5, 5.41) is 4.31. The predicted octanol–water partition coefficient (Wildman–Crippen LogP) is 7.58. The van der Waals surface area contributed by atoms with Gasteiger partial charge >= 0.3 is 0 Å². The summed E-state index contributed by atoms with van der Waals surface area (Å²) in [7, 11) is 0. The molecular weight excluding hydrogens is 476 g/mol. The minimum Gasteiger partial charge on any atom is -0.457 e. The molecular formula is C31H32N4OS. The van der Waals surface area contributed by atoms with Crippen molar-refractivity contribution >= 4 is 23.0 Å². The number of pyridine rings is 1. The number of nitrogens with one attached hydrogen (secondary N) is 1. The second-order valence-electron chi connectivity index (χ2n) is 10.0. The van der Waals surface area contributed by atoms with Crippen molar-refractivity contribution in [3.05, 3.63) is 108 Å². The van der Waals surface area contributed by atoms with Crippen molar-refractivity contribution in [3.63, 3.8) is 0 Å². The first kappa shape index (κ1) is 23.7. The van der Waals surface area contributed by atoms with E-state index in [-0.39, 0.29) is 12.1 Å². The Kier molecular flexibility index (Phi) is 6.43. The Morgan fingerprint density at radius 3 is 2.30 bits per heavy atom. The molecule has 6 rings (SSSR count). The SMILES string of the molecule is Cc1cc([C@H]2[C@H](c3ccccn3)NC(=S)N2c2ccc(Oc3ccccc3)cc2)c(C)n1C1CCCC1. The predicted molar refractivity (Wildman–Crippen MR) is 152 cm³/mol. The van der Waals surface area contributed by atoms with E-state index >= 15 is 0 Å². The van der Waals surface area contributed by atoms with E-state index in [0.29, 0.717) is 11.2 Å². The van der Waals surface area contributed by atoms with Gasteiger partial charge in [0.1, 0.15) is 11.5 Å². The van der Waals surface area contributed by atoms with Gasteiger partial charge in [-0.3, -0.25) is 4.98 Å². The molecule has 1 saturated heterocycles. The highest BCUT2D eigenvalue weighted by atomic mass is 32.1. The van der Waals surface area contributed by atoms with Gasteiger partial charge in [0.15, 0.2) is 5.11 Å². The Morgan fingerprint density at radius 2 is 1.59 bits per heavy atom. The number of anilines is 1. The number of hydrogen-bond acceptors (Lipinski definition) is 3. The van der Waals surface area contributed by atoms with Gasteiger partial charge in [0, 0.05) is 29.3 Å². The van der Waals surface area contributed by atoms with E-state index < -0.39 is 0 Å². The number of hydrogen-bond donors (Lipinski definition) is 1. The molecule has 2 aromatic heterocycles. The fraction of sp³-hybridized carbons (Fsp3) is 0.290. The average Bonchev–Trinajstić information content (AvgIpc) is 3.63. The van der Waals surface area contributed by atoms with Gasteiger partial charge in [0.25, 0.3) is 0 Å². The van der Waals surface area contributed by atoms with Gasteiger partial charge in [-0.2, -0.15) is 0 Å². The van der Waals surface area contributed by atoms with Crippen LogP contribution in [0, 0.1) is 13.8 Å². The number of benzene rings is 2. The van der Waals surface area contributed by atoms with Gasteiger partial charge in [0.05, 0.1) is 17.8 Å². The molecule has 0 unspecified atom stereocenters. The quantitative estimate of drug-likeness (QED) is 0.272. The van der Waals surface area contributed by atoms with E-state index in [1.165, 1.54) is 42.6 Å². The van der Waals surface area contributed by atoms with Crippen molar-refractivity contribution < 1.29 is 4.74 Å². The Morgan fingerprint density at radius 1 is 0.892 bits per heavy atom. The Balaban J connectivity index is 1.39. The van der Waals surface area contributed by atoms with Crippen molar-refractivity contribution in [1.82, 2.24) is 14.9 Å². The van der Waals surface area contributed by atoms with Gasteiger partial charge < -0.3 is 19.5 Å². The molecule has 5 nitrogen and oxygen atoms in total. The summed E-state index contributed by atoms with van der Waals surface area (Å²) in [4.78, 5) is 6.97. The molecule has 0 bridgehead atoms. The third-order valence-corrected chi connectivity index (χ3v) is 8.04. The maximum Gasteiger partial charge on any atom is 0.174 e. The van der Waals surface area contributed by atoms with Crippen LogP contribution in [0.15, 0.2) is 85.1 Å². The monoisotopic (exact) mass is 508 g/mol. The molecule has 2 aromatic carbocycles. The van der Waals surface area contributed by atoms with E-state index in [1.807, 2.05) is 60.8 Å². The first-order chi connectivity index (χ1) is 18.1. The van der Waals surface area contributed by atoms with Crippen LogP contribution in [0.2, 0.25) is 0 Å². The van der Waals surface area contributed by atoms with E-state index in [1.54, 1.807) is 0 Å². The summed E-state index contributed by atoms with van der Waals surface area (Å²) in [6, 6.07) is 27.1. The summed E-state index contributed by atoms with van der Waals surface area (Å²) < 4.78 is 8.60. The minimum absolute atomic E-state index is 0.00959. The molecule has 4 aromatic rings. The highest BCUT2D eigenvalue weighted by molar-refractivity contribution is 7.80. The first-order valence-electron chi connectivity index (χ1n) is 13.1. The lowest BCUT2D eigenvalue weighted by Gasteiger charge is -2.28. The standard InChI is InChI=1S/C31H32N4OS/c1-21-20-27(22(2)34(21)23-10-6-7-11-23)30-29(28-14-8-9-19-32-28)33-31(37)35(30)24-15-17-26(18-16-24)36-25-12-4-3-5-13-25/h3-5,8-9,12-20,23,29-30H,6-7,10-11H2,1-2H3,(H,33,37)/t29-,30-/m0/s1. The number of aromatic nitrogens is 2. The molecule has 1 aliphatic carbocycles. The van der Waals surface area contributed by atoms with E-state index in [2.05, 4.69) is 52.9 Å². The number of nitrogens with zero attached hydrogens (tertiary/aromatic N) is 3. The minimum atomic E-state index is -0.0496. The molecule has 2 aliphatic rings. The molecule has 1 N–H and O–H groups in total. The second-order valence-corrected chi connectivity index (χ2v) is 10.4. The van der Waals surface area contributed by atoms with Crippen LogP contribution >= 0.6 is 12.2 Å². The molecule has 188 valence electrons. The number of aryl methyl sites for hydroxylation is 1. The van der Waals surface area contributed by atoms with Crippen molar-refractivity contribution in [3.8, 4) is 11.5 Å². The topological polar surface area (TPSA) is 42.3 Å². The zero-order chi connectivity index (χ0) is 25.4. The number of para-hydroxylation sites is 1. The van der Waals surface area contributed by atoms with Crippen LogP contribution in [0.4, 0.5) is 5.69 Å². The van der Waals surface area contributed by atoms with Gasteiger partial charge in [-0.15, -0.1) is 0 Å². The zero-order valence-electron chi connectivity index (χ0n) is 21.3. The Hall–Kier alpha value is -3.64. The van der Waals surface area contributed by atoms with E-state index in [9.17, 15) is 0 Å². The Labute approximate surface area is 224 Å². The molecule has 0 amide bonds. The molecule has 1 aliphatic heterocycles. The summed E-state index contributed by atoms with van der Waals surface area (Å²) in [5.41, 5.74) is 5.98. The zero-order valence-corrected chi connectivity index (χ0v) is 22.1. The molecule has 6 heteroatoms. The van der Waals surface area contributed by atoms with E-state index in [0.717, 1.165) is 22.9 Å². The third kappa shape index (κ3) is 4.51. The summed E-state index contributed by atoms with van der Waals surface area (Å²) in [6.07, 6.45) is 7.00. The lowest BCUT2D eigenvalue weighted by atomic mass is 9.96. The molecule has 2 atom stereocenters. The van der Waals surface area contributed by atoms with Crippen molar-refractivity contribution in [2.45, 2.75) is 57.7 Å². The number of rotatable bonds is 6. The van der Waals surface area contributed by atoms with Crippen LogP contribution in [-0.4, -0.2) is 14.7 Å². The molecule has 1 saturated carbocycles. The molecule has 2 fully saturated rings. The molecule has 0 radical (unpaired) electrons. The average molecular weight is 509 g/mol. The molecule has 37 heavy (non-hydrogen) atoms. The third-order valence-electron chi connectivity index (χ3n) is 7.72. The van der Waals surface area contributed by atoms with Crippen LogP contribution in [0.3, 0.4) is 0 Å². The van der Waals surface area contributed by atoms with Gasteiger partial charge in [0.2, 0.25) is 0 Å². The van der Waals surface area contributed by atoms with Gasteiger partial charge in [-0.1, -0.05) is 37.1 Å². The van der Waals surface area contributed by atoms with Crippen LogP contribution < -0.4 is 15.0 Å². The molecule has 0 spiro atoms. The van der Waals surface area contributed by atoms with E-state index in [4.69, 9.17) is 21.9 Å². The van der Waals surface area contributed by atoms with Crippen LogP contribution in [0.25, 0.3) is 0 Å². The maximum absolute atomic E-state index is 6.04. The first-order valence-corrected chi connectivity index (χ1v) is 13.5. The van der Waals surface area contributed by atoms with Crippen LogP contribution in [0.1, 0.15) is 66.5 Å². The smallest absolute Gasteiger partial charge is 0.174 e. The maximum atomic E-state index is 6.04. The van der Waals surface area contributed by atoms with Crippen molar-refractivity contribution in [1.29, 1.82) is 0 Å². The number of ether oxygens (including phenoxy) is 1. The highest BCUT2D eigenvalue weighted by Crippen LogP contribution is 2.45. The summed E-state index contributed by atoms with van der Waals surface area (Å²) >= 11 is 5.95. The highest BCUT2D eigenvalue weighted by Gasteiger charge is 2.42. The van der Waals surface area contributed by atoms with Gasteiger partial charge in [-0.05, 0) is 99.1 Å². The second kappa shape index (κ2) is 10.0. The summed E-state index contributed by atoms with van der Waals surface area (Å²) in [6.45, 7) is 4.51. The lowest BCUT2D eigenvalue weighted by Crippen LogP contribution is -2.29. The van der Waals surface area contributed by atoms with Crippen LogP contribution in [-0.2, 0) is 0 Å².